The lowest BCUT2D eigenvalue weighted by molar-refractivity contribution is 0.122. The molecule has 138 valence electrons. The summed E-state index contributed by atoms with van der Waals surface area (Å²) in [5.74, 6) is 1.23. The number of pyridine rings is 1. The van der Waals surface area contributed by atoms with Crippen molar-refractivity contribution in [3.05, 3.63) is 17.4 Å². The molecule has 0 aliphatic carbocycles. The summed E-state index contributed by atoms with van der Waals surface area (Å²) in [5.41, 5.74) is 0.584. The van der Waals surface area contributed by atoms with E-state index in [1.807, 2.05) is 6.07 Å². The zero-order valence-corrected chi connectivity index (χ0v) is 14.8. The molecule has 9 nitrogen and oxygen atoms in total. The maximum Gasteiger partial charge on any atom is 0.407 e. The number of hydrogen-bond acceptors (Lipinski definition) is 7. The van der Waals surface area contributed by atoms with Crippen LogP contribution >= 0.6 is 11.6 Å². The fourth-order valence-corrected chi connectivity index (χ4v) is 3.47. The number of nitrogens with one attached hydrogen (secondary N) is 1. The quantitative estimate of drug-likeness (QED) is 0.777. The van der Waals surface area contributed by atoms with Gasteiger partial charge in [0.05, 0.1) is 13.2 Å². The number of carbonyl (C=O) groups is 1. The predicted octanol–water partition coefficient (Wildman–Crippen LogP) is 1.68. The Kier molecular flexibility index (Phi) is 4.64. The number of anilines is 2. The molecule has 1 atom stereocenters. The number of likely N-dealkylation sites (tertiary alicyclic amines) is 1. The van der Waals surface area contributed by atoms with Gasteiger partial charge in [-0.2, -0.15) is 4.98 Å². The molecule has 0 aromatic carbocycles. The van der Waals surface area contributed by atoms with E-state index in [-0.39, 0.29) is 6.04 Å². The van der Waals surface area contributed by atoms with Gasteiger partial charge in [-0.05, 0) is 12.5 Å². The monoisotopic (exact) mass is 378 g/mol. The highest BCUT2D eigenvalue weighted by atomic mass is 35.5. The van der Waals surface area contributed by atoms with Crippen LogP contribution < -0.4 is 10.2 Å². The second-order valence-corrected chi connectivity index (χ2v) is 6.69. The third-order valence-corrected chi connectivity index (χ3v) is 4.93. The maximum absolute atomic E-state index is 11.1. The molecule has 2 saturated heterocycles. The second-order valence-electron chi connectivity index (χ2n) is 6.33. The van der Waals surface area contributed by atoms with E-state index in [1.165, 1.54) is 4.90 Å². The van der Waals surface area contributed by atoms with Crippen molar-refractivity contribution in [3.63, 3.8) is 0 Å². The molecule has 4 heterocycles. The average molecular weight is 379 g/mol. The molecule has 0 bridgehead atoms. The molecule has 0 saturated carbocycles. The summed E-state index contributed by atoms with van der Waals surface area (Å²) in [7, 11) is 0. The molecule has 2 aromatic heterocycles. The van der Waals surface area contributed by atoms with Gasteiger partial charge in [0.25, 0.3) is 0 Å². The molecule has 2 aliphatic rings. The lowest BCUT2D eigenvalue weighted by atomic mass is 10.2. The number of hydrogen-bond donors (Lipinski definition) is 2. The molecule has 26 heavy (non-hydrogen) atoms. The zero-order valence-electron chi connectivity index (χ0n) is 14.1. The summed E-state index contributed by atoms with van der Waals surface area (Å²) in [6.07, 6.45) is 1.44. The van der Waals surface area contributed by atoms with Crippen molar-refractivity contribution in [1.29, 1.82) is 0 Å². The highest BCUT2D eigenvalue weighted by molar-refractivity contribution is 6.34. The molecular weight excluding hydrogens is 360 g/mol. The van der Waals surface area contributed by atoms with Crippen LogP contribution in [0.5, 0.6) is 0 Å². The van der Waals surface area contributed by atoms with Gasteiger partial charge in [-0.1, -0.05) is 11.6 Å². The minimum absolute atomic E-state index is 0.00585. The van der Waals surface area contributed by atoms with Crippen LogP contribution in [0.1, 0.15) is 6.42 Å². The first-order valence-electron chi connectivity index (χ1n) is 8.51. The SMILES string of the molecule is O=C(O)N1CC[C@@H](Nc2nc(N3CCOCC3)nc3c(Cl)nccc23)C1. The van der Waals surface area contributed by atoms with Crippen LogP contribution in [0, 0.1) is 0 Å². The number of ether oxygens (including phenoxy) is 1. The van der Waals surface area contributed by atoms with Crippen molar-refractivity contribution in [2.24, 2.45) is 0 Å². The van der Waals surface area contributed by atoms with Crippen LogP contribution in [-0.2, 0) is 4.74 Å². The van der Waals surface area contributed by atoms with Gasteiger partial charge in [0.15, 0.2) is 5.15 Å². The third-order valence-electron chi connectivity index (χ3n) is 4.65. The van der Waals surface area contributed by atoms with Crippen molar-refractivity contribution in [1.82, 2.24) is 19.9 Å². The highest BCUT2D eigenvalue weighted by Crippen LogP contribution is 2.29. The van der Waals surface area contributed by atoms with E-state index in [2.05, 4.69) is 20.2 Å². The summed E-state index contributed by atoms with van der Waals surface area (Å²) in [6, 6.07) is 1.81. The average Bonchev–Trinajstić information content (AvgIpc) is 3.12. The number of fused-ring (bicyclic) bond motifs is 1. The van der Waals surface area contributed by atoms with Gasteiger partial charge >= 0.3 is 6.09 Å². The summed E-state index contributed by atoms with van der Waals surface area (Å²) in [4.78, 5) is 28.0. The van der Waals surface area contributed by atoms with Gasteiger partial charge in [0, 0.05) is 43.8 Å². The Morgan fingerprint density at radius 2 is 2.12 bits per heavy atom. The number of halogens is 1. The molecule has 2 fully saturated rings. The van der Waals surface area contributed by atoms with Crippen LogP contribution in [0.2, 0.25) is 5.15 Å². The second kappa shape index (κ2) is 7.08. The van der Waals surface area contributed by atoms with E-state index in [0.717, 1.165) is 11.8 Å². The highest BCUT2D eigenvalue weighted by Gasteiger charge is 2.27. The van der Waals surface area contributed by atoms with Gasteiger partial charge in [-0.15, -0.1) is 0 Å². The van der Waals surface area contributed by atoms with E-state index in [9.17, 15) is 4.79 Å². The molecule has 4 rings (SSSR count). The molecule has 0 unspecified atom stereocenters. The Balaban J connectivity index is 1.68. The molecule has 2 N–H and O–H groups in total. The number of morpholine rings is 1. The van der Waals surface area contributed by atoms with E-state index >= 15 is 0 Å². The van der Waals surface area contributed by atoms with E-state index < -0.39 is 6.09 Å². The first kappa shape index (κ1) is 17.0. The van der Waals surface area contributed by atoms with Crippen molar-refractivity contribution in [2.45, 2.75) is 12.5 Å². The lowest BCUT2D eigenvalue weighted by Gasteiger charge is -2.27. The summed E-state index contributed by atoms with van der Waals surface area (Å²) < 4.78 is 5.39. The van der Waals surface area contributed by atoms with Gasteiger partial charge < -0.3 is 25.0 Å². The molecule has 2 aromatic rings. The minimum Gasteiger partial charge on any atom is -0.465 e. The molecule has 10 heteroatoms. The Hall–Kier alpha value is -2.39. The Labute approximate surface area is 154 Å². The smallest absolute Gasteiger partial charge is 0.407 e. The van der Waals surface area contributed by atoms with Crippen LogP contribution in [-0.4, -0.2) is 76.5 Å². The number of amides is 1. The van der Waals surface area contributed by atoms with E-state index in [4.69, 9.17) is 26.4 Å². The minimum atomic E-state index is -0.900. The molecule has 2 aliphatic heterocycles. The van der Waals surface area contributed by atoms with Crippen LogP contribution in [0.4, 0.5) is 16.6 Å². The van der Waals surface area contributed by atoms with Gasteiger partial charge in [0.2, 0.25) is 5.95 Å². The molecule has 0 radical (unpaired) electrons. The topological polar surface area (TPSA) is 104 Å². The van der Waals surface area contributed by atoms with Crippen molar-refractivity contribution < 1.29 is 14.6 Å². The third kappa shape index (κ3) is 3.32. The molecular formula is C16H19ClN6O3. The van der Waals surface area contributed by atoms with Crippen LogP contribution in [0.25, 0.3) is 10.9 Å². The van der Waals surface area contributed by atoms with E-state index in [0.29, 0.717) is 61.8 Å². The van der Waals surface area contributed by atoms with Crippen molar-refractivity contribution in [3.8, 4) is 0 Å². The maximum atomic E-state index is 11.1. The van der Waals surface area contributed by atoms with Crippen molar-refractivity contribution >= 4 is 40.4 Å². The Bertz CT molecular complexity index is 829. The van der Waals surface area contributed by atoms with Crippen LogP contribution in [0.3, 0.4) is 0 Å². The number of nitrogens with zero attached hydrogens (tertiary/aromatic N) is 5. The van der Waals surface area contributed by atoms with E-state index in [1.54, 1.807) is 6.20 Å². The first-order valence-corrected chi connectivity index (χ1v) is 8.89. The largest absolute Gasteiger partial charge is 0.465 e. The summed E-state index contributed by atoms with van der Waals surface area (Å²) in [5, 5.41) is 13.6. The first-order chi connectivity index (χ1) is 12.6. The summed E-state index contributed by atoms with van der Waals surface area (Å²) in [6.45, 7) is 3.60. The number of rotatable bonds is 3. The lowest BCUT2D eigenvalue weighted by Crippen LogP contribution is -2.37. The van der Waals surface area contributed by atoms with Gasteiger partial charge in [0.1, 0.15) is 11.3 Å². The normalized spacial score (nSPS) is 20.6. The molecule has 0 spiro atoms. The Morgan fingerprint density at radius 3 is 2.85 bits per heavy atom. The summed E-state index contributed by atoms with van der Waals surface area (Å²) >= 11 is 6.26. The fraction of sp³-hybridized carbons (Fsp3) is 0.500. The fourth-order valence-electron chi connectivity index (χ4n) is 3.27. The zero-order chi connectivity index (χ0) is 18.1. The van der Waals surface area contributed by atoms with Crippen LogP contribution in [0.15, 0.2) is 12.3 Å². The standard InChI is InChI=1S/C16H19ClN6O3/c17-13-12-11(1-3-18-13)14(19-10-2-4-23(9-10)16(24)25)21-15(20-12)22-5-7-26-8-6-22/h1,3,10H,2,4-9H2,(H,24,25)(H,19,20,21)/t10-/m1/s1. The number of aromatic nitrogens is 3. The van der Waals surface area contributed by atoms with Crippen molar-refractivity contribution in [2.75, 3.05) is 49.6 Å². The Morgan fingerprint density at radius 1 is 1.31 bits per heavy atom. The van der Waals surface area contributed by atoms with Gasteiger partial charge in [-0.25, -0.2) is 14.8 Å². The van der Waals surface area contributed by atoms with Gasteiger partial charge in [-0.3, -0.25) is 0 Å². The predicted molar refractivity (Wildman–Crippen MR) is 97.0 cm³/mol. The molecule has 1 amide bonds. The number of carboxylic acid groups (broad SMARTS) is 1.